The van der Waals surface area contributed by atoms with Crippen molar-refractivity contribution in [1.29, 1.82) is 0 Å². The van der Waals surface area contributed by atoms with Gasteiger partial charge in [-0.25, -0.2) is 0 Å². The summed E-state index contributed by atoms with van der Waals surface area (Å²) in [5.41, 5.74) is 3.36. The molecule has 0 aromatic carbocycles. The van der Waals surface area contributed by atoms with E-state index in [1.54, 1.807) is 4.68 Å². The quantitative estimate of drug-likeness (QED) is 0.785. The Morgan fingerprint density at radius 3 is 2.55 bits per heavy atom. The molecule has 0 aliphatic carbocycles. The van der Waals surface area contributed by atoms with Gasteiger partial charge in [-0.1, -0.05) is 25.4 Å². The van der Waals surface area contributed by atoms with Gasteiger partial charge in [-0.05, 0) is 19.8 Å². The van der Waals surface area contributed by atoms with Crippen molar-refractivity contribution in [3.8, 4) is 0 Å². The number of halogens is 1. The maximum absolute atomic E-state index is 6.38. The molecule has 0 saturated carbocycles. The third-order valence-corrected chi connectivity index (χ3v) is 4.16. The Labute approximate surface area is 137 Å². The lowest BCUT2D eigenvalue weighted by Gasteiger charge is -2.23. The van der Waals surface area contributed by atoms with Crippen LogP contribution in [0.4, 0.5) is 0 Å². The molecule has 0 aliphatic heterocycles. The average molecular weight is 324 g/mol. The van der Waals surface area contributed by atoms with Crippen molar-refractivity contribution in [3.05, 3.63) is 34.4 Å². The van der Waals surface area contributed by atoms with Gasteiger partial charge >= 0.3 is 0 Å². The van der Waals surface area contributed by atoms with Crippen LogP contribution in [-0.4, -0.2) is 31.0 Å². The molecule has 0 bridgehead atoms. The van der Waals surface area contributed by atoms with Crippen molar-refractivity contribution < 1.29 is 0 Å². The molecule has 22 heavy (non-hydrogen) atoms. The van der Waals surface area contributed by atoms with Gasteiger partial charge < -0.3 is 0 Å². The number of aryl methyl sites for hydroxylation is 3. The lowest BCUT2D eigenvalue weighted by molar-refractivity contribution is 0.227. The van der Waals surface area contributed by atoms with Crippen LogP contribution < -0.4 is 0 Å². The van der Waals surface area contributed by atoms with Gasteiger partial charge in [0.2, 0.25) is 0 Å². The van der Waals surface area contributed by atoms with Crippen LogP contribution in [0.25, 0.3) is 0 Å². The highest BCUT2D eigenvalue weighted by atomic mass is 35.5. The third kappa shape index (κ3) is 4.11. The Kier molecular flexibility index (Phi) is 5.64. The van der Waals surface area contributed by atoms with Crippen molar-refractivity contribution in [1.82, 2.24) is 24.5 Å². The summed E-state index contributed by atoms with van der Waals surface area (Å²) in [5, 5.41) is 9.50. The minimum atomic E-state index is 0.594. The van der Waals surface area contributed by atoms with Crippen molar-refractivity contribution >= 4 is 11.6 Å². The molecule has 0 aliphatic rings. The van der Waals surface area contributed by atoms with Crippen molar-refractivity contribution in [2.24, 2.45) is 13.0 Å². The zero-order valence-corrected chi connectivity index (χ0v) is 14.9. The summed E-state index contributed by atoms with van der Waals surface area (Å²) >= 11 is 6.38. The molecule has 0 fully saturated rings. The number of hydrogen-bond acceptors (Lipinski definition) is 3. The Morgan fingerprint density at radius 2 is 2.05 bits per heavy atom. The largest absolute Gasteiger partial charge is 0.294 e. The van der Waals surface area contributed by atoms with E-state index in [1.165, 1.54) is 5.56 Å². The lowest BCUT2D eigenvalue weighted by atomic mass is 10.1. The second-order valence-corrected chi connectivity index (χ2v) is 6.60. The number of rotatable bonds is 7. The van der Waals surface area contributed by atoms with Crippen LogP contribution in [0.15, 0.2) is 12.4 Å². The Balaban J connectivity index is 2.15. The fourth-order valence-corrected chi connectivity index (χ4v) is 2.93. The minimum Gasteiger partial charge on any atom is -0.294 e. The van der Waals surface area contributed by atoms with Gasteiger partial charge in [0.25, 0.3) is 0 Å². The molecule has 122 valence electrons. The maximum atomic E-state index is 6.38. The van der Waals surface area contributed by atoms with Crippen LogP contribution in [0.1, 0.15) is 37.6 Å². The maximum Gasteiger partial charge on any atom is 0.131 e. The predicted molar refractivity (Wildman–Crippen MR) is 89.8 cm³/mol. The van der Waals surface area contributed by atoms with Crippen LogP contribution >= 0.6 is 11.6 Å². The number of nitrogens with zero attached hydrogens (tertiary/aromatic N) is 5. The Bertz CT molecular complexity index is 614. The van der Waals surface area contributed by atoms with Crippen molar-refractivity contribution in [3.63, 3.8) is 0 Å². The van der Waals surface area contributed by atoms with Crippen LogP contribution in [-0.2, 0) is 26.7 Å². The first-order valence-electron chi connectivity index (χ1n) is 7.82. The highest BCUT2D eigenvalue weighted by molar-refractivity contribution is 6.30. The lowest BCUT2D eigenvalue weighted by Crippen LogP contribution is -2.27. The molecule has 2 rings (SSSR count). The van der Waals surface area contributed by atoms with E-state index in [4.69, 9.17) is 11.6 Å². The average Bonchev–Trinajstić information content (AvgIpc) is 2.98. The Hall–Kier alpha value is -1.33. The highest BCUT2D eigenvalue weighted by Crippen LogP contribution is 2.22. The van der Waals surface area contributed by atoms with Gasteiger partial charge in [-0.2, -0.15) is 10.2 Å². The summed E-state index contributed by atoms with van der Waals surface area (Å²) in [6.45, 7) is 12.2. The normalized spacial score (nSPS) is 11.8. The summed E-state index contributed by atoms with van der Waals surface area (Å²) in [6.07, 6.45) is 4.07. The van der Waals surface area contributed by atoms with Gasteiger partial charge in [0, 0.05) is 50.6 Å². The summed E-state index contributed by atoms with van der Waals surface area (Å²) in [5.74, 6) is 0.594. The molecule has 0 amide bonds. The van der Waals surface area contributed by atoms with Gasteiger partial charge in [-0.3, -0.25) is 14.3 Å². The van der Waals surface area contributed by atoms with Crippen LogP contribution in [0.2, 0.25) is 5.15 Å². The molecule has 0 N–H and O–H groups in total. The zero-order chi connectivity index (χ0) is 16.3. The van der Waals surface area contributed by atoms with Gasteiger partial charge in [0.15, 0.2) is 0 Å². The number of aromatic nitrogens is 4. The SMILES string of the molecule is CCn1cc(CN(Cc2c(C)nn(C)c2Cl)CC(C)C)cn1. The molecule has 0 unspecified atom stereocenters. The summed E-state index contributed by atoms with van der Waals surface area (Å²) < 4.78 is 3.71. The first-order valence-corrected chi connectivity index (χ1v) is 8.20. The fourth-order valence-electron chi connectivity index (χ4n) is 2.70. The van der Waals surface area contributed by atoms with E-state index < -0.39 is 0 Å². The van der Waals surface area contributed by atoms with E-state index in [0.717, 1.165) is 42.6 Å². The molecular formula is C16H26ClN5. The van der Waals surface area contributed by atoms with E-state index in [0.29, 0.717) is 5.92 Å². The predicted octanol–water partition coefficient (Wildman–Crippen LogP) is 3.26. The van der Waals surface area contributed by atoms with Gasteiger partial charge in [0.05, 0.1) is 11.9 Å². The molecule has 5 nitrogen and oxygen atoms in total. The van der Waals surface area contributed by atoms with Crippen molar-refractivity contribution in [2.75, 3.05) is 6.54 Å². The first kappa shape index (κ1) is 17.0. The summed E-state index contributed by atoms with van der Waals surface area (Å²) in [4.78, 5) is 2.41. The second-order valence-electron chi connectivity index (χ2n) is 6.25. The fraction of sp³-hybridized carbons (Fsp3) is 0.625. The van der Waals surface area contributed by atoms with Crippen LogP contribution in [0, 0.1) is 12.8 Å². The van der Waals surface area contributed by atoms with E-state index >= 15 is 0 Å². The molecule has 0 atom stereocenters. The summed E-state index contributed by atoms with van der Waals surface area (Å²) in [6, 6.07) is 0. The minimum absolute atomic E-state index is 0.594. The molecule has 2 heterocycles. The van der Waals surface area contributed by atoms with E-state index in [9.17, 15) is 0 Å². The van der Waals surface area contributed by atoms with E-state index in [-0.39, 0.29) is 0 Å². The van der Waals surface area contributed by atoms with Crippen molar-refractivity contribution in [2.45, 2.75) is 47.3 Å². The first-order chi connectivity index (χ1) is 10.4. The molecule has 0 saturated heterocycles. The topological polar surface area (TPSA) is 38.9 Å². The molecule has 6 heteroatoms. The molecule has 2 aromatic rings. The van der Waals surface area contributed by atoms with Crippen LogP contribution in [0.5, 0.6) is 0 Å². The van der Waals surface area contributed by atoms with Crippen LogP contribution in [0.3, 0.4) is 0 Å². The Morgan fingerprint density at radius 1 is 1.32 bits per heavy atom. The van der Waals surface area contributed by atoms with Gasteiger partial charge in [-0.15, -0.1) is 0 Å². The molecule has 0 spiro atoms. The monoisotopic (exact) mass is 323 g/mol. The van der Waals surface area contributed by atoms with E-state index in [2.05, 4.69) is 42.1 Å². The summed E-state index contributed by atoms with van der Waals surface area (Å²) in [7, 11) is 1.89. The highest BCUT2D eigenvalue weighted by Gasteiger charge is 2.17. The molecule has 2 aromatic heterocycles. The second kappa shape index (κ2) is 7.29. The third-order valence-electron chi connectivity index (χ3n) is 3.69. The molecular weight excluding hydrogens is 298 g/mol. The zero-order valence-electron chi connectivity index (χ0n) is 14.2. The smallest absolute Gasteiger partial charge is 0.131 e. The van der Waals surface area contributed by atoms with Gasteiger partial charge in [0.1, 0.15) is 5.15 Å². The number of hydrogen-bond donors (Lipinski definition) is 0. The molecule has 0 radical (unpaired) electrons. The standard InChI is InChI=1S/C16H26ClN5/c1-6-22-10-14(7-18-22)9-21(8-12(2)3)11-15-13(4)19-20(5)16(15)17/h7,10,12H,6,8-9,11H2,1-5H3. The van der Waals surface area contributed by atoms with E-state index in [1.807, 2.05) is 24.9 Å².